The van der Waals surface area contributed by atoms with Crippen molar-refractivity contribution in [2.24, 2.45) is 10.9 Å². The summed E-state index contributed by atoms with van der Waals surface area (Å²) in [6, 6.07) is 7.39. The maximum Gasteiger partial charge on any atom is 0.204 e. The van der Waals surface area contributed by atoms with Crippen molar-refractivity contribution >= 4 is 23.0 Å². The number of nitrogens with zero attached hydrogens (tertiary/aromatic N) is 6. The topological polar surface area (TPSA) is 113 Å². The molecule has 2 N–H and O–H groups in total. The van der Waals surface area contributed by atoms with Gasteiger partial charge in [0.2, 0.25) is 5.78 Å². The molecule has 0 atom stereocenters. The van der Waals surface area contributed by atoms with E-state index in [1.54, 1.807) is 29.2 Å². The maximum atomic E-state index is 12.7. The number of Topliss-reactive ketones (excluding diaryl/α,β-unsaturated/α-hetero) is 1. The molecule has 164 valence electrons. The zero-order valence-corrected chi connectivity index (χ0v) is 19.1. The fourth-order valence-electron chi connectivity index (χ4n) is 3.48. The molecule has 32 heavy (non-hydrogen) atoms. The van der Waals surface area contributed by atoms with Gasteiger partial charge >= 0.3 is 0 Å². The van der Waals surface area contributed by atoms with E-state index >= 15 is 0 Å². The molecular weight excluding hydrogens is 426 g/mol. The number of thiazole rings is 1. The molecule has 0 aliphatic rings. The van der Waals surface area contributed by atoms with Crippen molar-refractivity contribution in [3.05, 3.63) is 75.9 Å². The highest BCUT2D eigenvalue weighted by molar-refractivity contribution is 7.12. The van der Waals surface area contributed by atoms with E-state index in [0.717, 1.165) is 27.9 Å². The van der Waals surface area contributed by atoms with E-state index in [2.05, 4.69) is 20.2 Å². The minimum Gasteiger partial charge on any atom is -0.386 e. The first-order valence-corrected chi connectivity index (χ1v) is 10.8. The third-order valence-electron chi connectivity index (χ3n) is 4.97. The van der Waals surface area contributed by atoms with Crippen LogP contribution in [0.1, 0.15) is 38.7 Å². The largest absolute Gasteiger partial charge is 0.386 e. The molecule has 0 saturated carbocycles. The Bertz CT molecular complexity index is 1280. The second-order valence-electron chi connectivity index (χ2n) is 7.35. The van der Waals surface area contributed by atoms with Gasteiger partial charge in [-0.2, -0.15) is 5.10 Å². The SMILES string of the molecule is Cc1cc(C)n(-c2ccc(/C(N)=N/OCC(=O)c3cc(C)n(-c4nccs4)c3C)cn2)n1. The van der Waals surface area contributed by atoms with Gasteiger partial charge < -0.3 is 10.6 Å². The van der Waals surface area contributed by atoms with Gasteiger partial charge in [-0.3, -0.25) is 9.36 Å². The molecule has 0 aliphatic heterocycles. The second kappa shape index (κ2) is 8.75. The predicted molar refractivity (Wildman–Crippen MR) is 123 cm³/mol. The summed E-state index contributed by atoms with van der Waals surface area (Å²) in [6.07, 6.45) is 3.33. The summed E-state index contributed by atoms with van der Waals surface area (Å²) < 4.78 is 3.70. The number of hydrogen-bond donors (Lipinski definition) is 1. The van der Waals surface area contributed by atoms with E-state index in [1.165, 1.54) is 11.3 Å². The van der Waals surface area contributed by atoms with Gasteiger partial charge in [0.1, 0.15) is 0 Å². The van der Waals surface area contributed by atoms with Crippen LogP contribution < -0.4 is 5.73 Å². The highest BCUT2D eigenvalue weighted by Crippen LogP contribution is 2.22. The van der Waals surface area contributed by atoms with Gasteiger partial charge in [-0.15, -0.1) is 11.3 Å². The molecule has 0 amide bonds. The molecule has 0 unspecified atom stereocenters. The highest BCUT2D eigenvalue weighted by atomic mass is 32.1. The van der Waals surface area contributed by atoms with Gasteiger partial charge in [0.05, 0.1) is 5.69 Å². The van der Waals surface area contributed by atoms with Crippen LogP contribution in [-0.4, -0.2) is 42.5 Å². The molecule has 0 bridgehead atoms. The third kappa shape index (κ3) is 4.17. The Morgan fingerprint density at radius 2 is 1.97 bits per heavy atom. The predicted octanol–water partition coefficient (Wildman–Crippen LogP) is 3.27. The average molecular weight is 450 g/mol. The van der Waals surface area contributed by atoms with Crippen molar-refractivity contribution in [2.45, 2.75) is 27.7 Å². The molecule has 4 heterocycles. The smallest absolute Gasteiger partial charge is 0.204 e. The summed E-state index contributed by atoms with van der Waals surface area (Å²) in [6.45, 7) is 7.49. The van der Waals surface area contributed by atoms with Crippen LogP contribution in [-0.2, 0) is 4.84 Å². The summed E-state index contributed by atoms with van der Waals surface area (Å²) in [4.78, 5) is 26.6. The lowest BCUT2D eigenvalue weighted by atomic mass is 10.2. The molecule has 4 rings (SSSR count). The normalized spacial score (nSPS) is 11.7. The molecule has 10 heteroatoms. The average Bonchev–Trinajstić information content (AvgIpc) is 3.47. The fourth-order valence-corrected chi connectivity index (χ4v) is 4.23. The van der Waals surface area contributed by atoms with Crippen molar-refractivity contribution in [3.63, 3.8) is 0 Å². The Hall–Kier alpha value is -3.79. The number of carbonyl (C=O) groups excluding carboxylic acids is 1. The Morgan fingerprint density at radius 1 is 1.16 bits per heavy atom. The van der Waals surface area contributed by atoms with Gasteiger partial charge in [0.15, 0.2) is 23.4 Å². The first kappa shape index (κ1) is 21.4. The number of ketones is 1. The fraction of sp³-hybridized carbons (Fsp3) is 0.227. The molecule has 0 radical (unpaired) electrons. The van der Waals surface area contributed by atoms with Crippen molar-refractivity contribution in [1.29, 1.82) is 0 Å². The number of pyridine rings is 1. The number of rotatable bonds is 7. The quantitative estimate of drug-likeness (QED) is 0.200. The number of aryl methyl sites for hydroxylation is 3. The number of oxime groups is 1. The number of amidine groups is 1. The Balaban J connectivity index is 1.42. The Kier molecular flexibility index (Phi) is 5.87. The van der Waals surface area contributed by atoms with Crippen molar-refractivity contribution in [1.82, 2.24) is 24.3 Å². The lowest BCUT2D eigenvalue weighted by Gasteiger charge is -2.06. The summed E-state index contributed by atoms with van der Waals surface area (Å²) in [7, 11) is 0. The van der Waals surface area contributed by atoms with Crippen LogP contribution >= 0.6 is 11.3 Å². The number of aromatic nitrogens is 5. The van der Waals surface area contributed by atoms with Crippen LogP contribution in [0.2, 0.25) is 0 Å². The van der Waals surface area contributed by atoms with Crippen LogP contribution in [0.5, 0.6) is 0 Å². The van der Waals surface area contributed by atoms with E-state index in [4.69, 9.17) is 10.6 Å². The molecule has 0 fully saturated rings. The molecule has 0 aliphatic carbocycles. The minimum absolute atomic E-state index is 0.137. The lowest BCUT2D eigenvalue weighted by Crippen LogP contribution is -2.16. The van der Waals surface area contributed by atoms with Gasteiger partial charge in [-0.05, 0) is 52.0 Å². The van der Waals surface area contributed by atoms with Gasteiger partial charge in [0, 0.05) is 46.0 Å². The Morgan fingerprint density at radius 3 is 2.59 bits per heavy atom. The number of nitrogens with two attached hydrogens (primary N) is 1. The standard InChI is InChI=1S/C22H23N7O2S/c1-13-9-15(3)29(26-13)20-6-5-17(11-25-20)21(23)27-31-12-19(30)18-10-14(2)28(16(18)4)22-24-7-8-32-22/h5-11H,12H2,1-4H3,(H2,23,27). The van der Waals surface area contributed by atoms with E-state index in [0.29, 0.717) is 16.9 Å². The lowest BCUT2D eigenvalue weighted by molar-refractivity contribution is 0.0775. The van der Waals surface area contributed by atoms with Crippen LogP contribution in [0.3, 0.4) is 0 Å². The van der Waals surface area contributed by atoms with Crippen LogP contribution in [0.4, 0.5) is 0 Å². The van der Waals surface area contributed by atoms with Crippen molar-refractivity contribution < 1.29 is 9.63 Å². The summed E-state index contributed by atoms with van der Waals surface area (Å²) in [5.74, 6) is 0.632. The first-order chi connectivity index (χ1) is 15.3. The Labute approximate surface area is 189 Å². The third-order valence-corrected chi connectivity index (χ3v) is 5.73. The van der Waals surface area contributed by atoms with Crippen molar-refractivity contribution in [3.8, 4) is 10.9 Å². The monoisotopic (exact) mass is 449 g/mol. The molecular formula is C22H23N7O2S. The maximum absolute atomic E-state index is 12.7. The van der Waals surface area contributed by atoms with Gasteiger partial charge in [-0.25, -0.2) is 14.6 Å². The van der Waals surface area contributed by atoms with Crippen molar-refractivity contribution in [2.75, 3.05) is 6.61 Å². The summed E-state index contributed by atoms with van der Waals surface area (Å²) >= 11 is 1.51. The van der Waals surface area contributed by atoms with E-state index < -0.39 is 0 Å². The van der Waals surface area contributed by atoms with Crippen LogP contribution in [0.15, 0.2) is 47.2 Å². The van der Waals surface area contributed by atoms with E-state index in [-0.39, 0.29) is 18.2 Å². The summed E-state index contributed by atoms with van der Waals surface area (Å²) in [5.41, 5.74) is 10.8. The highest BCUT2D eigenvalue weighted by Gasteiger charge is 2.18. The zero-order valence-electron chi connectivity index (χ0n) is 18.2. The van der Waals surface area contributed by atoms with Gasteiger partial charge in [-0.1, -0.05) is 5.16 Å². The zero-order chi connectivity index (χ0) is 22.8. The minimum atomic E-state index is -0.222. The molecule has 4 aromatic rings. The molecule has 9 nitrogen and oxygen atoms in total. The van der Waals surface area contributed by atoms with E-state index in [9.17, 15) is 4.79 Å². The molecule has 0 aromatic carbocycles. The van der Waals surface area contributed by atoms with Crippen LogP contribution in [0, 0.1) is 27.7 Å². The molecule has 0 spiro atoms. The van der Waals surface area contributed by atoms with Crippen LogP contribution in [0.25, 0.3) is 10.9 Å². The molecule has 0 saturated heterocycles. The van der Waals surface area contributed by atoms with E-state index in [1.807, 2.05) is 49.8 Å². The second-order valence-corrected chi connectivity index (χ2v) is 8.23. The summed E-state index contributed by atoms with van der Waals surface area (Å²) in [5, 5.41) is 11.0. The number of hydrogen-bond acceptors (Lipinski definition) is 7. The number of carbonyl (C=O) groups is 1. The first-order valence-electron chi connectivity index (χ1n) is 9.92. The van der Waals surface area contributed by atoms with Gasteiger partial charge in [0.25, 0.3) is 0 Å². The molecule has 4 aromatic heterocycles.